The fourth-order valence-electron chi connectivity index (χ4n) is 9.64. The lowest BCUT2D eigenvalue weighted by atomic mass is 9.80. The molecule has 0 aromatic heterocycles. The SMILES string of the molecule is C=C=N[Si](C)(C)C.[C-]#[N+]/N=C1/c2cc(-c3cccc([N+]#[C-])c3)ccc2CC12Cc1ccccc1C2.[C-]#[N+]c1cccc(-c2ccc3c(c2)C(=O)C2(Cc4ccccc4C2)C3)c1. The maximum atomic E-state index is 13.3. The molecule has 4 aliphatic carbocycles. The summed E-state index contributed by atoms with van der Waals surface area (Å²) < 4.78 is 4.03. The summed E-state index contributed by atoms with van der Waals surface area (Å²) in [6, 6.07) is 44.9. The zero-order valence-corrected chi connectivity index (χ0v) is 35.8. The minimum absolute atomic E-state index is 0.104. The zero-order chi connectivity index (χ0) is 42.8. The van der Waals surface area contributed by atoms with Gasteiger partial charge in [0.15, 0.2) is 25.4 Å². The maximum Gasteiger partial charge on any atom is 0.187 e. The third-order valence-corrected chi connectivity index (χ3v) is 13.1. The molecule has 0 heterocycles. The highest BCUT2D eigenvalue weighted by molar-refractivity contribution is 6.75. The minimum Gasteiger partial charge on any atom is -0.294 e. The molecule has 6 aromatic carbocycles. The molecule has 61 heavy (non-hydrogen) atoms. The number of nitrogens with zero attached hydrogens (tertiary/aromatic N) is 5. The molecule has 0 saturated heterocycles. The third-order valence-electron chi connectivity index (χ3n) is 12.3. The van der Waals surface area contributed by atoms with E-state index in [0.717, 1.165) is 83.2 Å². The van der Waals surface area contributed by atoms with Gasteiger partial charge in [0.05, 0.1) is 18.2 Å². The normalized spacial score (nSPS) is 16.0. The number of ketones is 1. The Kier molecular flexibility index (Phi) is 10.9. The van der Waals surface area contributed by atoms with Crippen LogP contribution in [0.15, 0.2) is 150 Å². The summed E-state index contributed by atoms with van der Waals surface area (Å²) in [4.78, 5) is 23.8. The maximum absolute atomic E-state index is 13.3. The van der Waals surface area contributed by atoms with Crippen molar-refractivity contribution in [3.8, 4) is 22.3 Å². The van der Waals surface area contributed by atoms with Gasteiger partial charge < -0.3 is 0 Å². The number of hydrogen-bond acceptors (Lipinski definition) is 3. The van der Waals surface area contributed by atoms with Crippen molar-refractivity contribution in [2.75, 3.05) is 0 Å². The van der Waals surface area contributed by atoms with E-state index in [-0.39, 0.29) is 16.6 Å². The molecule has 0 amide bonds. The Bertz CT molecular complexity index is 2890. The van der Waals surface area contributed by atoms with E-state index >= 15 is 0 Å². The van der Waals surface area contributed by atoms with Gasteiger partial charge >= 0.3 is 0 Å². The molecule has 0 bridgehead atoms. The highest BCUT2D eigenvalue weighted by Crippen LogP contribution is 2.49. The van der Waals surface area contributed by atoms with Crippen molar-refractivity contribution in [3.05, 3.63) is 219 Å². The Morgan fingerprint density at radius 1 is 0.541 bits per heavy atom. The van der Waals surface area contributed by atoms with E-state index in [2.05, 4.69) is 135 Å². The summed E-state index contributed by atoms with van der Waals surface area (Å²) in [5.41, 5.74) is 15.6. The van der Waals surface area contributed by atoms with Crippen LogP contribution in [-0.4, -0.2) is 25.6 Å². The number of carbonyl (C=O) groups is 1. The summed E-state index contributed by atoms with van der Waals surface area (Å²) >= 11 is 0. The molecule has 7 heteroatoms. The van der Waals surface area contributed by atoms with Crippen molar-refractivity contribution < 1.29 is 4.79 Å². The molecule has 2 spiro atoms. The van der Waals surface area contributed by atoms with Crippen molar-refractivity contribution in [2.45, 2.75) is 58.2 Å². The van der Waals surface area contributed by atoms with Crippen molar-refractivity contribution in [3.63, 3.8) is 0 Å². The van der Waals surface area contributed by atoms with Gasteiger partial charge in [-0.3, -0.25) is 9.45 Å². The van der Waals surface area contributed by atoms with Crippen LogP contribution in [0.3, 0.4) is 0 Å². The summed E-state index contributed by atoms with van der Waals surface area (Å²) in [5, 5.41) is 4.31. The first-order valence-corrected chi connectivity index (χ1v) is 24.0. The number of hydrogen-bond donors (Lipinski definition) is 0. The second-order valence-electron chi connectivity index (χ2n) is 17.5. The van der Waals surface area contributed by atoms with Gasteiger partial charge in [-0.15, -0.1) is 4.95 Å². The lowest BCUT2D eigenvalue weighted by Crippen LogP contribution is -2.29. The summed E-state index contributed by atoms with van der Waals surface area (Å²) in [6.45, 7) is 31.7. The van der Waals surface area contributed by atoms with Crippen LogP contribution >= 0.6 is 0 Å². The predicted octanol–water partition coefficient (Wildman–Crippen LogP) is 13.0. The van der Waals surface area contributed by atoms with Crippen LogP contribution in [0.25, 0.3) is 36.9 Å². The largest absolute Gasteiger partial charge is 0.294 e. The average molecular weight is 808 g/mol. The Balaban J connectivity index is 0.000000146. The van der Waals surface area contributed by atoms with E-state index in [9.17, 15) is 4.79 Å². The molecule has 0 atom stereocenters. The van der Waals surface area contributed by atoms with Gasteiger partial charge in [0.1, 0.15) is 5.71 Å². The molecule has 0 radical (unpaired) electrons. The standard InChI is InChI=1S/C25H17N3.C24H17NO.C5H11NSi/c1-26-22-9-5-8-17(12-22)18-10-11-21-16-25(24(28-27-2)23(21)13-18)14-19-6-3-4-7-20(19)15-25;1-25-21-8-4-7-16(11-21)17-9-10-20-15-24(23(26)22(20)12-17)13-18-5-2-3-6-19(18)14-24;1-5-6-7(2,3)4/h3-13H,14-16H2;2-12H,13-15H2;1H2,2-4H3/b28-24-;;. The number of fused-ring (bicyclic) bond motifs is 4. The first-order valence-electron chi connectivity index (χ1n) is 20.6. The highest BCUT2D eigenvalue weighted by atomic mass is 28.3. The van der Waals surface area contributed by atoms with Crippen molar-refractivity contribution in [1.82, 2.24) is 0 Å². The molecule has 0 fully saturated rings. The van der Waals surface area contributed by atoms with E-state index in [0.29, 0.717) is 11.4 Å². The van der Waals surface area contributed by atoms with Crippen LogP contribution in [-0.2, 0) is 38.5 Å². The smallest absolute Gasteiger partial charge is 0.187 e. The molecule has 296 valence electrons. The monoisotopic (exact) mass is 807 g/mol. The van der Waals surface area contributed by atoms with Crippen molar-refractivity contribution in [1.29, 1.82) is 0 Å². The van der Waals surface area contributed by atoms with Crippen LogP contribution in [0.2, 0.25) is 19.6 Å². The van der Waals surface area contributed by atoms with Gasteiger partial charge in [0.25, 0.3) is 0 Å². The van der Waals surface area contributed by atoms with Gasteiger partial charge in [-0.05, 0) is 151 Å². The Hall–Kier alpha value is -7.20. The van der Waals surface area contributed by atoms with E-state index in [1.807, 2.05) is 48.5 Å². The third kappa shape index (κ3) is 8.09. The van der Waals surface area contributed by atoms with Gasteiger partial charge in [-0.2, -0.15) is 6.57 Å². The molecule has 6 nitrogen and oxygen atoms in total. The fraction of sp³-hybridized carbons (Fsp3) is 0.204. The number of rotatable bonds is 3. The van der Waals surface area contributed by atoms with Crippen LogP contribution < -0.4 is 0 Å². The molecule has 6 aromatic rings. The van der Waals surface area contributed by atoms with Crippen LogP contribution in [0.5, 0.6) is 0 Å². The Labute approximate surface area is 360 Å². The summed E-state index contributed by atoms with van der Waals surface area (Å²) in [5.74, 6) is 2.83. The molecule has 0 aliphatic heterocycles. The molecule has 10 rings (SSSR count). The Morgan fingerprint density at radius 3 is 1.41 bits per heavy atom. The Morgan fingerprint density at radius 2 is 0.967 bits per heavy atom. The molecule has 4 aliphatic rings. The van der Waals surface area contributed by atoms with Gasteiger partial charge in [-0.25, -0.2) is 9.69 Å². The molecular formula is C54H45N5OSi. The number of benzene rings is 6. The van der Waals surface area contributed by atoms with Crippen molar-refractivity contribution >= 4 is 37.0 Å². The van der Waals surface area contributed by atoms with Crippen molar-refractivity contribution in [2.24, 2.45) is 20.6 Å². The number of Topliss-reactive ketones (excluding diaryl/α,β-unsaturated/α-hetero) is 1. The lowest BCUT2D eigenvalue weighted by molar-refractivity contribution is 0.0831. The van der Waals surface area contributed by atoms with E-state index in [4.69, 9.17) is 19.7 Å². The minimum atomic E-state index is -1.21. The number of carbonyl (C=O) groups excluding carboxylic acids is 1. The lowest BCUT2D eigenvalue weighted by Gasteiger charge is -2.21. The summed E-state index contributed by atoms with van der Waals surface area (Å²) in [7, 11) is -1.21. The second-order valence-corrected chi connectivity index (χ2v) is 22.1. The zero-order valence-electron chi connectivity index (χ0n) is 34.8. The van der Waals surface area contributed by atoms with Crippen LogP contribution in [0, 0.1) is 30.5 Å². The highest BCUT2D eigenvalue weighted by Gasteiger charge is 2.50. The topological polar surface area (TPSA) is 54.9 Å². The molecule has 0 N–H and O–H groups in total. The van der Waals surface area contributed by atoms with E-state index in [1.54, 1.807) is 6.07 Å². The fourth-order valence-corrected chi connectivity index (χ4v) is 10.1. The first-order chi connectivity index (χ1) is 29.5. The predicted molar refractivity (Wildman–Crippen MR) is 250 cm³/mol. The summed E-state index contributed by atoms with van der Waals surface area (Å²) in [6.07, 6.45) is 5.33. The van der Waals surface area contributed by atoms with Crippen LogP contribution in [0.4, 0.5) is 11.4 Å². The van der Waals surface area contributed by atoms with Gasteiger partial charge in [-0.1, -0.05) is 109 Å². The van der Waals surface area contributed by atoms with E-state index in [1.165, 1.54) is 27.8 Å². The molecule has 0 unspecified atom stereocenters. The second kappa shape index (κ2) is 16.4. The van der Waals surface area contributed by atoms with E-state index < -0.39 is 8.24 Å². The average Bonchev–Trinajstić information content (AvgIpc) is 3.99. The first kappa shape index (κ1) is 40.6. The molecular weight excluding hydrogens is 763 g/mol. The quantitative estimate of drug-likeness (QED) is 0.0760. The van der Waals surface area contributed by atoms with Crippen LogP contribution in [0.1, 0.15) is 49.3 Å². The van der Waals surface area contributed by atoms with Gasteiger partial charge in [0.2, 0.25) is 0 Å². The molecule has 0 saturated carbocycles. The van der Waals surface area contributed by atoms with Gasteiger partial charge in [0, 0.05) is 22.0 Å².